The molecule has 0 radical (unpaired) electrons. The molecule has 7 nitrogen and oxygen atoms in total. The molecular formula is C24H21F2N5O2. The lowest BCUT2D eigenvalue weighted by atomic mass is 9.98. The summed E-state index contributed by atoms with van der Waals surface area (Å²) < 4.78 is 35.6. The Morgan fingerprint density at radius 1 is 0.970 bits per heavy atom. The number of aromatic nitrogens is 4. The minimum absolute atomic E-state index is 0.0681. The predicted molar refractivity (Wildman–Crippen MR) is 119 cm³/mol. The molecule has 1 saturated heterocycles. The summed E-state index contributed by atoms with van der Waals surface area (Å²) in [7, 11) is 0. The van der Waals surface area contributed by atoms with Crippen LogP contribution in [0.5, 0.6) is 0 Å². The third kappa shape index (κ3) is 4.01. The van der Waals surface area contributed by atoms with Gasteiger partial charge in [0.1, 0.15) is 24.1 Å². The van der Waals surface area contributed by atoms with Crippen LogP contribution in [0.25, 0.3) is 22.2 Å². The molecule has 1 atom stereocenters. The number of benzene rings is 2. The fraction of sp³-hybridized carbons (Fsp3) is 0.250. The van der Waals surface area contributed by atoms with E-state index in [-0.39, 0.29) is 16.6 Å². The van der Waals surface area contributed by atoms with Crippen LogP contribution in [0.3, 0.4) is 0 Å². The molecule has 5 rings (SSSR count). The monoisotopic (exact) mass is 449 g/mol. The molecule has 1 aliphatic rings. The van der Waals surface area contributed by atoms with Crippen LogP contribution >= 0.6 is 0 Å². The van der Waals surface area contributed by atoms with Gasteiger partial charge in [-0.3, -0.25) is 9.97 Å². The minimum Gasteiger partial charge on any atom is -0.382 e. The fourth-order valence-corrected chi connectivity index (χ4v) is 4.08. The van der Waals surface area contributed by atoms with Crippen molar-refractivity contribution < 1.29 is 18.6 Å². The second-order valence-corrected chi connectivity index (χ2v) is 7.81. The summed E-state index contributed by atoms with van der Waals surface area (Å²) >= 11 is 0. The highest BCUT2D eigenvalue weighted by Crippen LogP contribution is 2.34. The van der Waals surface area contributed by atoms with Crippen molar-refractivity contribution in [2.45, 2.75) is 13.0 Å². The van der Waals surface area contributed by atoms with Crippen LogP contribution in [0.15, 0.2) is 49.1 Å². The molecule has 2 aromatic heterocycles. The maximum Gasteiger partial charge on any atom is 0.136 e. The first-order valence-corrected chi connectivity index (χ1v) is 10.6. The molecule has 0 saturated carbocycles. The van der Waals surface area contributed by atoms with Gasteiger partial charge in [-0.25, -0.2) is 18.7 Å². The highest BCUT2D eigenvalue weighted by Gasteiger charge is 2.21. The lowest BCUT2D eigenvalue weighted by Crippen LogP contribution is -2.36. The average Bonchev–Trinajstić information content (AvgIpc) is 2.84. The largest absolute Gasteiger partial charge is 0.382 e. The Morgan fingerprint density at radius 3 is 2.55 bits per heavy atom. The van der Waals surface area contributed by atoms with E-state index < -0.39 is 17.7 Å². The minimum atomic E-state index is -1.12. The Morgan fingerprint density at radius 2 is 1.76 bits per heavy atom. The first-order valence-electron chi connectivity index (χ1n) is 10.6. The maximum absolute atomic E-state index is 15.3. The summed E-state index contributed by atoms with van der Waals surface area (Å²) in [4.78, 5) is 18.8. The van der Waals surface area contributed by atoms with Gasteiger partial charge in [0.2, 0.25) is 0 Å². The van der Waals surface area contributed by atoms with Crippen LogP contribution in [-0.4, -0.2) is 51.3 Å². The first kappa shape index (κ1) is 21.3. The topological polar surface area (TPSA) is 84.3 Å². The van der Waals surface area contributed by atoms with Crippen LogP contribution in [0, 0.1) is 18.6 Å². The van der Waals surface area contributed by atoms with E-state index in [2.05, 4.69) is 19.9 Å². The van der Waals surface area contributed by atoms with Crippen LogP contribution in [0.2, 0.25) is 0 Å². The molecule has 33 heavy (non-hydrogen) atoms. The number of hydrogen-bond acceptors (Lipinski definition) is 7. The third-order valence-corrected chi connectivity index (χ3v) is 5.79. The van der Waals surface area contributed by atoms with Crippen molar-refractivity contribution in [1.82, 2.24) is 19.9 Å². The summed E-state index contributed by atoms with van der Waals surface area (Å²) in [5.74, 6) is -1.13. The van der Waals surface area contributed by atoms with Gasteiger partial charge in [0.05, 0.1) is 41.2 Å². The van der Waals surface area contributed by atoms with E-state index in [0.717, 1.165) is 0 Å². The zero-order valence-electron chi connectivity index (χ0n) is 17.9. The molecule has 0 aliphatic carbocycles. The zero-order chi connectivity index (χ0) is 22.9. The molecule has 3 heterocycles. The molecule has 168 valence electrons. The van der Waals surface area contributed by atoms with E-state index in [1.54, 1.807) is 13.0 Å². The number of aliphatic hydroxyl groups is 1. The van der Waals surface area contributed by atoms with Gasteiger partial charge in [0.25, 0.3) is 0 Å². The Kier molecular flexibility index (Phi) is 5.65. The number of halogens is 2. The normalized spacial score (nSPS) is 15.1. The zero-order valence-corrected chi connectivity index (χ0v) is 17.9. The molecule has 2 aromatic carbocycles. The van der Waals surface area contributed by atoms with Gasteiger partial charge in [-0.05, 0) is 36.8 Å². The molecule has 1 fully saturated rings. The Bertz CT molecular complexity index is 1330. The van der Waals surface area contributed by atoms with Crippen molar-refractivity contribution in [3.8, 4) is 11.3 Å². The third-order valence-electron chi connectivity index (χ3n) is 5.79. The first-order chi connectivity index (χ1) is 16.0. The van der Waals surface area contributed by atoms with E-state index in [4.69, 9.17) is 4.74 Å². The lowest BCUT2D eigenvalue weighted by molar-refractivity contribution is 0.122. The van der Waals surface area contributed by atoms with Gasteiger partial charge in [0, 0.05) is 36.7 Å². The van der Waals surface area contributed by atoms with E-state index >= 15 is 4.39 Å². The molecule has 1 aliphatic heterocycles. The van der Waals surface area contributed by atoms with Crippen molar-refractivity contribution in [1.29, 1.82) is 0 Å². The fourth-order valence-electron chi connectivity index (χ4n) is 4.08. The summed E-state index contributed by atoms with van der Waals surface area (Å²) in [6, 6.07) is 7.35. The molecular weight excluding hydrogens is 428 g/mol. The second kappa shape index (κ2) is 8.76. The van der Waals surface area contributed by atoms with Crippen molar-refractivity contribution in [2.75, 3.05) is 31.2 Å². The van der Waals surface area contributed by atoms with Gasteiger partial charge >= 0.3 is 0 Å². The number of aryl methyl sites for hydroxylation is 1. The average molecular weight is 449 g/mol. The van der Waals surface area contributed by atoms with Gasteiger partial charge in [0.15, 0.2) is 0 Å². The van der Waals surface area contributed by atoms with Crippen LogP contribution in [0.1, 0.15) is 23.1 Å². The maximum atomic E-state index is 15.3. The predicted octanol–water partition coefficient (Wildman–Crippen LogP) is 3.59. The quantitative estimate of drug-likeness (QED) is 0.510. The van der Waals surface area contributed by atoms with Crippen LogP contribution < -0.4 is 4.90 Å². The van der Waals surface area contributed by atoms with E-state index in [1.165, 1.54) is 43.0 Å². The Hall–Kier alpha value is -3.56. The smallest absolute Gasteiger partial charge is 0.136 e. The molecule has 0 spiro atoms. The number of hydrogen-bond donors (Lipinski definition) is 1. The van der Waals surface area contributed by atoms with Gasteiger partial charge in [-0.1, -0.05) is 6.07 Å². The molecule has 0 bridgehead atoms. The number of ether oxygens (including phenoxy) is 1. The van der Waals surface area contributed by atoms with E-state index in [9.17, 15) is 9.50 Å². The van der Waals surface area contributed by atoms with Gasteiger partial charge in [-0.15, -0.1) is 0 Å². The van der Waals surface area contributed by atoms with E-state index in [1.807, 2.05) is 4.90 Å². The van der Waals surface area contributed by atoms with Crippen molar-refractivity contribution in [3.05, 3.63) is 77.6 Å². The number of aliphatic hydroxyl groups excluding tert-OH is 1. The molecule has 4 aromatic rings. The summed E-state index contributed by atoms with van der Waals surface area (Å²) in [5.41, 5.74) is 2.57. The SMILES string of the molecule is Cc1nccnc1[C@H](O)c1ccc(F)c(-c2ncnc3cc(N4CCOCC4)cc(F)c23)c1. The van der Waals surface area contributed by atoms with Crippen molar-refractivity contribution >= 4 is 16.6 Å². The molecule has 0 unspecified atom stereocenters. The molecule has 9 heteroatoms. The van der Waals surface area contributed by atoms with Crippen LogP contribution in [-0.2, 0) is 4.74 Å². The Balaban J connectivity index is 1.60. The molecule has 0 amide bonds. The highest BCUT2D eigenvalue weighted by atomic mass is 19.1. The summed E-state index contributed by atoms with van der Waals surface area (Å²) in [6.45, 7) is 4.17. The number of rotatable bonds is 4. The van der Waals surface area contributed by atoms with Gasteiger partial charge in [-0.2, -0.15) is 0 Å². The lowest BCUT2D eigenvalue weighted by Gasteiger charge is -2.29. The Labute approximate surface area is 188 Å². The van der Waals surface area contributed by atoms with Gasteiger partial charge < -0.3 is 14.7 Å². The molecule has 1 N–H and O–H groups in total. The standard InChI is InChI=1S/C24H21F2N5O2/c1-14-22(28-5-4-27-14)24(32)15-2-3-18(25)17(10-15)23-21-19(26)11-16(12-20(21)29-13-30-23)31-6-8-33-9-7-31/h2-5,10-13,24,32H,6-9H2,1H3/t24-/m1/s1. The van der Waals surface area contributed by atoms with Crippen LogP contribution in [0.4, 0.5) is 14.5 Å². The van der Waals surface area contributed by atoms with E-state index in [0.29, 0.717) is 54.5 Å². The van der Waals surface area contributed by atoms with Crippen molar-refractivity contribution in [3.63, 3.8) is 0 Å². The highest BCUT2D eigenvalue weighted by molar-refractivity contribution is 5.94. The number of fused-ring (bicyclic) bond motifs is 1. The summed E-state index contributed by atoms with van der Waals surface area (Å²) in [6.07, 6.45) is 3.18. The second-order valence-electron chi connectivity index (χ2n) is 7.81. The number of anilines is 1. The number of morpholine rings is 1. The van der Waals surface area contributed by atoms with Crippen molar-refractivity contribution in [2.24, 2.45) is 0 Å². The summed E-state index contributed by atoms with van der Waals surface area (Å²) in [5, 5.41) is 11.0. The number of nitrogens with zero attached hydrogens (tertiary/aromatic N) is 5.